The number of hydrogen-bond donors (Lipinski definition) is 4. The summed E-state index contributed by atoms with van der Waals surface area (Å²) in [6.07, 6.45) is 1.76. The minimum atomic E-state index is -0.0214. The standard InChI is InChI=1S/C17H15N5Se/c18-16(19)11-3-1-10(2-4-11)14-7-8-15(23-14)12-5-6-13(17(20)21)22-9-12/h1-9H,(H3,18,19)(H3,20,21). The number of nitrogen functional groups attached to an aromatic ring is 2. The zero-order valence-corrected chi connectivity index (χ0v) is 13.9. The average Bonchev–Trinajstić information content (AvgIpc) is 3.05. The molecule has 6 heteroatoms. The maximum absolute atomic E-state index is 7.43. The Hall–Kier alpha value is -2.69. The van der Waals surface area contributed by atoms with E-state index in [9.17, 15) is 0 Å². The Morgan fingerprint density at radius 1 is 0.783 bits per heavy atom. The predicted molar refractivity (Wildman–Crippen MR) is 94.1 cm³/mol. The molecule has 0 spiro atoms. The van der Waals surface area contributed by atoms with Crippen molar-refractivity contribution in [2.75, 3.05) is 0 Å². The van der Waals surface area contributed by atoms with Crippen LogP contribution in [0.15, 0.2) is 54.7 Å². The fraction of sp³-hybridized carbons (Fsp3) is 0. The van der Waals surface area contributed by atoms with Crippen molar-refractivity contribution >= 4 is 26.2 Å². The molecule has 23 heavy (non-hydrogen) atoms. The molecule has 0 aliphatic heterocycles. The second kappa shape index (κ2) is 6.20. The van der Waals surface area contributed by atoms with Crippen molar-refractivity contribution in [2.45, 2.75) is 0 Å². The number of pyridine rings is 1. The van der Waals surface area contributed by atoms with Gasteiger partial charge in [0.1, 0.15) is 0 Å². The van der Waals surface area contributed by atoms with Gasteiger partial charge in [0.25, 0.3) is 0 Å². The Morgan fingerprint density at radius 3 is 1.91 bits per heavy atom. The van der Waals surface area contributed by atoms with E-state index in [0.29, 0.717) is 5.69 Å². The van der Waals surface area contributed by atoms with Crippen LogP contribution in [0.25, 0.3) is 20.0 Å². The summed E-state index contributed by atoms with van der Waals surface area (Å²) in [6, 6.07) is 15.7. The number of rotatable bonds is 4. The number of benzene rings is 1. The van der Waals surface area contributed by atoms with Crippen molar-refractivity contribution in [1.82, 2.24) is 4.98 Å². The van der Waals surface area contributed by atoms with E-state index < -0.39 is 0 Å². The van der Waals surface area contributed by atoms with Gasteiger partial charge in [0.05, 0.1) is 0 Å². The second-order valence-corrected chi connectivity index (χ2v) is 7.27. The van der Waals surface area contributed by atoms with Gasteiger partial charge >= 0.3 is 139 Å². The quantitative estimate of drug-likeness (QED) is 0.321. The summed E-state index contributed by atoms with van der Waals surface area (Å²) in [5, 5.41) is 14.8. The Labute approximate surface area is 139 Å². The molecule has 0 radical (unpaired) electrons. The van der Waals surface area contributed by atoms with Gasteiger partial charge in [-0.15, -0.1) is 0 Å². The van der Waals surface area contributed by atoms with E-state index in [-0.39, 0.29) is 26.2 Å². The van der Waals surface area contributed by atoms with E-state index in [1.54, 1.807) is 12.3 Å². The zero-order valence-electron chi connectivity index (χ0n) is 12.2. The molecule has 0 amide bonds. The van der Waals surface area contributed by atoms with Crippen LogP contribution in [0.5, 0.6) is 0 Å². The van der Waals surface area contributed by atoms with E-state index in [2.05, 4.69) is 17.1 Å². The summed E-state index contributed by atoms with van der Waals surface area (Å²) in [5.74, 6) is 0.0600. The van der Waals surface area contributed by atoms with Crippen LogP contribution in [0, 0.1) is 10.8 Å². The molecule has 5 nitrogen and oxygen atoms in total. The van der Waals surface area contributed by atoms with Crippen LogP contribution in [0.1, 0.15) is 11.3 Å². The molecule has 0 fully saturated rings. The van der Waals surface area contributed by atoms with Gasteiger partial charge in [0.2, 0.25) is 0 Å². The molecule has 0 bridgehead atoms. The predicted octanol–water partition coefficient (Wildman–Crippen LogP) is 2.04. The van der Waals surface area contributed by atoms with Crippen LogP contribution >= 0.6 is 0 Å². The fourth-order valence-electron chi connectivity index (χ4n) is 2.16. The van der Waals surface area contributed by atoms with Gasteiger partial charge in [-0.05, 0) is 0 Å². The SMILES string of the molecule is N=C(N)c1ccc(-c2ccc(-c3ccc(C(=N)N)nc3)[se]2)cc1. The number of nitrogens with zero attached hydrogens (tertiary/aromatic N) is 1. The molecule has 0 aliphatic rings. The third kappa shape index (κ3) is 3.23. The molecule has 0 saturated carbocycles. The summed E-state index contributed by atoms with van der Waals surface area (Å²) in [7, 11) is 0. The summed E-state index contributed by atoms with van der Waals surface area (Å²) in [5.41, 5.74) is 14.3. The first-order valence-corrected chi connectivity index (χ1v) is 8.61. The average molecular weight is 368 g/mol. The van der Waals surface area contributed by atoms with Gasteiger partial charge < -0.3 is 0 Å². The molecule has 2 aromatic heterocycles. The third-order valence-corrected chi connectivity index (χ3v) is 5.89. The summed E-state index contributed by atoms with van der Waals surface area (Å²) >= 11 is 0.192. The monoisotopic (exact) mass is 369 g/mol. The molecule has 1 aromatic carbocycles. The summed E-state index contributed by atoms with van der Waals surface area (Å²) < 4.78 is 2.52. The van der Waals surface area contributed by atoms with Crippen LogP contribution in [0.3, 0.4) is 0 Å². The molecule has 3 rings (SSSR count). The van der Waals surface area contributed by atoms with E-state index in [1.807, 2.05) is 30.3 Å². The number of hydrogen-bond acceptors (Lipinski definition) is 3. The van der Waals surface area contributed by atoms with Crippen LogP contribution in [-0.2, 0) is 0 Å². The van der Waals surface area contributed by atoms with E-state index in [0.717, 1.165) is 16.7 Å². The van der Waals surface area contributed by atoms with Crippen LogP contribution in [0.2, 0.25) is 0 Å². The molecule has 2 heterocycles. The van der Waals surface area contributed by atoms with Gasteiger partial charge in [-0.3, -0.25) is 0 Å². The van der Waals surface area contributed by atoms with Crippen molar-refractivity contribution in [2.24, 2.45) is 11.5 Å². The Morgan fingerprint density at radius 2 is 1.39 bits per heavy atom. The van der Waals surface area contributed by atoms with Crippen molar-refractivity contribution in [3.05, 3.63) is 66.0 Å². The first-order valence-electron chi connectivity index (χ1n) is 6.90. The molecule has 0 unspecified atom stereocenters. The van der Waals surface area contributed by atoms with E-state index in [1.165, 1.54) is 8.87 Å². The molecule has 6 N–H and O–H groups in total. The van der Waals surface area contributed by atoms with Crippen molar-refractivity contribution in [3.63, 3.8) is 0 Å². The molecule has 0 saturated heterocycles. The topological polar surface area (TPSA) is 113 Å². The van der Waals surface area contributed by atoms with Crippen LogP contribution < -0.4 is 11.5 Å². The number of nitrogens with two attached hydrogens (primary N) is 2. The normalized spacial score (nSPS) is 10.4. The number of aromatic nitrogens is 1. The minimum absolute atomic E-state index is 0.0214. The summed E-state index contributed by atoms with van der Waals surface area (Å²) in [4.78, 5) is 4.21. The van der Waals surface area contributed by atoms with Gasteiger partial charge in [0, 0.05) is 0 Å². The first-order chi connectivity index (χ1) is 11.0. The Bertz CT molecular complexity index is 791. The first kappa shape index (κ1) is 15.2. The Balaban J connectivity index is 1.87. The van der Waals surface area contributed by atoms with Gasteiger partial charge in [0.15, 0.2) is 0 Å². The number of nitrogens with one attached hydrogen (secondary N) is 2. The third-order valence-electron chi connectivity index (χ3n) is 3.41. The van der Waals surface area contributed by atoms with Crippen LogP contribution in [-0.4, -0.2) is 31.2 Å². The zero-order chi connectivity index (χ0) is 16.4. The summed E-state index contributed by atoms with van der Waals surface area (Å²) in [6.45, 7) is 0. The molecule has 3 aromatic rings. The Kier molecular flexibility index (Phi) is 4.10. The molecular weight excluding hydrogens is 353 g/mol. The van der Waals surface area contributed by atoms with E-state index in [4.69, 9.17) is 22.3 Å². The van der Waals surface area contributed by atoms with Crippen molar-refractivity contribution in [3.8, 4) is 20.0 Å². The molecule has 0 atom stereocenters. The van der Waals surface area contributed by atoms with Crippen molar-refractivity contribution in [1.29, 1.82) is 10.8 Å². The molecule has 0 aliphatic carbocycles. The van der Waals surface area contributed by atoms with Crippen LogP contribution in [0.4, 0.5) is 0 Å². The van der Waals surface area contributed by atoms with E-state index >= 15 is 0 Å². The molecular formula is C17H15N5Se. The van der Waals surface area contributed by atoms with Gasteiger partial charge in [-0.25, -0.2) is 0 Å². The van der Waals surface area contributed by atoms with Crippen molar-refractivity contribution < 1.29 is 0 Å². The maximum atomic E-state index is 7.43. The molecule has 114 valence electrons. The van der Waals surface area contributed by atoms with Gasteiger partial charge in [-0.2, -0.15) is 0 Å². The number of amidine groups is 2. The second-order valence-electron chi connectivity index (χ2n) is 5.00. The fourth-order valence-corrected chi connectivity index (χ4v) is 4.26. The van der Waals surface area contributed by atoms with Gasteiger partial charge in [-0.1, -0.05) is 0 Å².